The van der Waals surface area contributed by atoms with Crippen molar-refractivity contribution in [1.82, 2.24) is 4.98 Å². The first-order valence-corrected chi connectivity index (χ1v) is 9.07. The van der Waals surface area contributed by atoms with E-state index in [2.05, 4.69) is 23.3 Å². The van der Waals surface area contributed by atoms with Crippen molar-refractivity contribution in [3.63, 3.8) is 0 Å². The van der Waals surface area contributed by atoms with Gasteiger partial charge in [-0.3, -0.25) is 4.79 Å². The van der Waals surface area contributed by atoms with E-state index in [1.165, 1.54) is 17.8 Å². The third-order valence-electron chi connectivity index (χ3n) is 3.94. The molecule has 1 amide bonds. The van der Waals surface area contributed by atoms with Crippen molar-refractivity contribution in [1.29, 1.82) is 0 Å². The number of aryl methyl sites for hydroxylation is 1. The summed E-state index contributed by atoms with van der Waals surface area (Å²) in [7, 11) is 0. The third kappa shape index (κ3) is 4.12. The normalized spacial score (nSPS) is 12.1. The SMILES string of the molecule is CCC(Sc1cc(C)c2ccccc2n1)C(=O)Nc1cccc(O)c1. The maximum Gasteiger partial charge on any atom is 0.237 e. The fourth-order valence-corrected chi connectivity index (χ4v) is 3.67. The van der Waals surface area contributed by atoms with E-state index in [9.17, 15) is 9.90 Å². The van der Waals surface area contributed by atoms with E-state index in [4.69, 9.17) is 0 Å². The van der Waals surface area contributed by atoms with Crippen LogP contribution in [0.5, 0.6) is 5.75 Å². The number of anilines is 1. The molecule has 1 aromatic heterocycles. The Kier molecular flexibility index (Phi) is 5.24. The summed E-state index contributed by atoms with van der Waals surface area (Å²) >= 11 is 1.46. The molecule has 1 heterocycles. The number of hydrogen-bond acceptors (Lipinski definition) is 4. The number of benzene rings is 2. The van der Waals surface area contributed by atoms with Crippen LogP contribution >= 0.6 is 11.8 Å². The molecular formula is C20H20N2O2S. The first-order chi connectivity index (χ1) is 12.1. The number of amides is 1. The van der Waals surface area contributed by atoms with Crippen molar-refractivity contribution in [3.05, 3.63) is 60.2 Å². The van der Waals surface area contributed by atoms with Gasteiger partial charge in [0.25, 0.3) is 0 Å². The third-order valence-corrected chi connectivity index (χ3v) is 5.22. The molecule has 0 aliphatic carbocycles. The summed E-state index contributed by atoms with van der Waals surface area (Å²) in [6.45, 7) is 4.04. The Morgan fingerprint density at radius 1 is 1.20 bits per heavy atom. The van der Waals surface area contributed by atoms with Gasteiger partial charge in [0.2, 0.25) is 5.91 Å². The number of carbonyl (C=O) groups excluding carboxylic acids is 1. The topological polar surface area (TPSA) is 62.2 Å². The number of pyridine rings is 1. The predicted molar refractivity (Wildman–Crippen MR) is 103 cm³/mol. The second kappa shape index (κ2) is 7.57. The summed E-state index contributed by atoms with van der Waals surface area (Å²) in [6, 6.07) is 16.6. The van der Waals surface area contributed by atoms with Gasteiger partial charge in [-0.25, -0.2) is 4.98 Å². The molecule has 0 fully saturated rings. The average molecular weight is 352 g/mol. The first-order valence-electron chi connectivity index (χ1n) is 8.19. The van der Waals surface area contributed by atoms with Crippen LogP contribution in [-0.2, 0) is 4.79 Å². The first kappa shape index (κ1) is 17.3. The number of phenols is 1. The minimum Gasteiger partial charge on any atom is -0.508 e. The Bertz CT molecular complexity index is 911. The van der Waals surface area contributed by atoms with Crippen LogP contribution in [0.4, 0.5) is 5.69 Å². The van der Waals surface area contributed by atoms with Gasteiger partial charge in [0.1, 0.15) is 5.75 Å². The lowest BCUT2D eigenvalue weighted by Crippen LogP contribution is -2.24. The molecular weight excluding hydrogens is 332 g/mol. The molecule has 25 heavy (non-hydrogen) atoms. The van der Waals surface area contributed by atoms with Crippen LogP contribution in [-0.4, -0.2) is 21.2 Å². The van der Waals surface area contributed by atoms with Crippen molar-refractivity contribution >= 4 is 34.3 Å². The minimum atomic E-state index is -0.254. The number of thioether (sulfide) groups is 1. The summed E-state index contributed by atoms with van der Waals surface area (Å²) in [5, 5.41) is 14.1. The molecule has 1 atom stereocenters. The van der Waals surface area contributed by atoms with E-state index in [0.29, 0.717) is 12.1 Å². The zero-order valence-corrected chi connectivity index (χ0v) is 15.0. The average Bonchev–Trinajstić information content (AvgIpc) is 2.59. The highest BCUT2D eigenvalue weighted by Gasteiger charge is 2.19. The molecule has 2 aromatic carbocycles. The summed E-state index contributed by atoms with van der Waals surface area (Å²) < 4.78 is 0. The maximum atomic E-state index is 12.6. The number of nitrogens with zero attached hydrogens (tertiary/aromatic N) is 1. The highest BCUT2D eigenvalue weighted by molar-refractivity contribution is 8.00. The number of phenolic OH excluding ortho intramolecular Hbond substituents is 1. The molecule has 2 N–H and O–H groups in total. The molecule has 1 unspecified atom stereocenters. The highest BCUT2D eigenvalue weighted by Crippen LogP contribution is 2.29. The van der Waals surface area contributed by atoms with Gasteiger partial charge in [0.05, 0.1) is 15.8 Å². The number of aromatic hydroxyl groups is 1. The van der Waals surface area contributed by atoms with Crippen LogP contribution in [0.1, 0.15) is 18.9 Å². The lowest BCUT2D eigenvalue weighted by molar-refractivity contribution is -0.115. The van der Waals surface area contributed by atoms with E-state index in [0.717, 1.165) is 21.5 Å². The van der Waals surface area contributed by atoms with Gasteiger partial charge in [-0.05, 0) is 43.2 Å². The van der Waals surface area contributed by atoms with Gasteiger partial charge in [0.15, 0.2) is 0 Å². The number of aromatic nitrogens is 1. The van der Waals surface area contributed by atoms with Gasteiger partial charge in [-0.15, -0.1) is 0 Å². The monoisotopic (exact) mass is 352 g/mol. The lowest BCUT2D eigenvalue weighted by Gasteiger charge is -2.15. The fraction of sp³-hybridized carbons (Fsp3) is 0.200. The summed E-state index contributed by atoms with van der Waals surface area (Å²) in [5.41, 5.74) is 2.68. The van der Waals surface area contributed by atoms with Gasteiger partial charge >= 0.3 is 0 Å². The zero-order chi connectivity index (χ0) is 17.8. The number of hydrogen-bond donors (Lipinski definition) is 2. The highest BCUT2D eigenvalue weighted by atomic mass is 32.2. The maximum absolute atomic E-state index is 12.6. The van der Waals surface area contributed by atoms with Crippen molar-refractivity contribution in [3.8, 4) is 5.75 Å². The van der Waals surface area contributed by atoms with Crippen molar-refractivity contribution in [2.45, 2.75) is 30.5 Å². The predicted octanol–water partition coefficient (Wildman–Crippen LogP) is 4.76. The van der Waals surface area contributed by atoms with Crippen LogP contribution in [0.15, 0.2) is 59.6 Å². The largest absolute Gasteiger partial charge is 0.508 e. The molecule has 0 radical (unpaired) electrons. The van der Waals surface area contributed by atoms with Gasteiger partial charge in [-0.1, -0.05) is 43.0 Å². The number of nitrogens with one attached hydrogen (secondary N) is 1. The number of para-hydroxylation sites is 1. The molecule has 5 heteroatoms. The fourth-order valence-electron chi connectivity index (χ4n) is 2.65. The quantitative estimate of drug-likeness (QED) is 0.650. The number of rotatable bonds is 5. The second-order valence-electron chi connectivity index (χ2n) is 5.85. The van der Waals surface area contributed by atoms with Crippen LogP contribution < -0.4 is 5.32 Å². The molecule has 0 bridgehead atoms. The summed E-state index contributed by atoms with van der Waals surface area (Å²) in [5.74, 6) is 0.0380. The van der Waals surface area contributed by atoms with Crippen LogP contribution in [0.25, 0.3) is 10.9 Å². The number of carbonyl (C=O) groups is 1. The van der Waals surface area contributed by atoms with Gasteiger partial charge in [-0.2, -0.15) is 0 Å². The van der Waals surface area contributed by atoms with E-state index >= 15 is 0 Å². The smallest absolute Gasteiger partial charge is 0.237 e. The molecule has 0 aliphatic heterocycles. The Morgan fingerprint density at radius 3 is 2.76 bits per heavy atom. The van der Waals surface area contributed by atoms with Crippen molar-refractivity contribution in [2.24, 2.45) is 0 Å². The van der Waals surface area contributed by atoms with Crippen molar-refractivity contribution in [2.75, 3.05) is 5.32 Å². The van der Waals surface area contributed by atoms with E-state index in [-0.39, 0.29) is 16.9 Å². The minimum absolute atomic E-state index is 0.0919. The van der Waals surface area contributed by atoms with E-state index < -0.39 is 0 Å². The standard InChI is InChI=1S/C20H20N2O2S/c1-3-18(20(24)21-14-7-6-8-15(23)12-14)25-19-11-13(2)16-9-4-5-10-17(16)22-19/h4-12,18,23H,3H2,1-2H3,(H,21,24). The van der Waals surface area contributed by atoms with Crippen LogP contribution in [0, 0.1) is 6.92 Å². The molecule has 0 spiro atoms. The van der Waals surface area contributed by atoms with E-state index in [1.54, 1.807) is 18.2 Å². The Hall–Kier alpha value is -2.53. The van der Waals surface area contributed by atoms with Crippen molar-refractivity contribution < 1.29 is 9.90 Å². The van der Waals surface area contributed by atoms with Crippen LogP contribution in [0.2, 0.25) is 0 Å². The molecule has 3 rings (SSSR count). The molecule has 128 valence electrons. The zero-order valence-electron chi connectivity index (χ0n) is 14.2. The van der Waals surface area contributed by atoms with Gasteiger partial charge in [0, 0.05) is 17.1 Å². The van der Waals surface area contributed by atoms with Gasteiger partial charge < -0.3 is 10.4 Å². The number of fused-ring (bicyclic) bond motifs is 1. The Balaban J connectivity index is 1.78. The van der Waals surface area contributed by atoms with E-state index in [1.807, 2.05) is 31.2 Å². The Morgan fingerprint density at radius 2 is 2.00 bits per heavy atom. The molecule has 4 nitrogen and oxygen atoms in total. The molecule has 3 aromatic rings. The summed E-state index contributed by atoms with van der Waals surface area (Å²) in [6.07, 6.45) is 0.683. The lowest BCUT2D eigenvalue weighted by atomic mass is 10.1. The summed E-state index contributed by atoms with van der Waals surface area (Å²) in [4.78, 5) is 17.2. The molecule has 0 aliphatic rings. The molecule has 0 saturated carbocycles. The Labute approximate surface area is 151 Å². The van der Waals surface area contributed by atoms with Crippen LogP contribution in [0.3, 0.4) is 0 Å². The second-order valence-corrected chi connectivity index (χ2v) is 7.07. The molecule has 0 saturated heterocycles.